The third kappa shape index (κ3) is 2.68. The van der Waals surface area contributed by atoms with Gasteiger partial charge in [-0.25, -0.2) is 4.98 Å². The first-order chi connectivity index (χ1) is 7.79. The van der Waals surface area contributed by atoms with Crippen molar-refractivity contribution >= 4 is 22.7 Å². The molecule has 0 saturated carbocycles. The summed E-state index contributed by atoms with van der Waals surface area (Å²) in [6, 6.07) is 0.282. The van der Waals surface area contributed by atoms with E-state index in [0.717, 1.165) is 22.1 Å². The van der Waals surface area contributed by atoms with E-state index in [1.165, 1.54) is 0 Å². The lowest BCUT2D eigenvalue weighted by molar-refractivity contribution is 0.300. The lowest BCUT2D eigenvalue weighted by Crippen LogP contribution is -2.18. The van der Waals surface area contributed by atoms with Gasteiger partial charge < -0.3 is 10.4 Å². The Labute approximate surface area is 98.8 Å². The predicted molar refractivity (Wildman–Crippen MR) is 67.3 cm³/mol. The van der Waals surface area contributed by atoms with Crippen LogP contribution in [0.1, 0.15) is 17.0 Å². The summed E-state index contributed by atoms with van der Waals surface area (Å²) in [5.74, 6) is 0. The van der Waals surface area contributed by atoms with Gasteiger partial charge in [-0.2, -0.15) is 0 Å². The molecule has 0 fully saturated rings. The number of aliphatic hydroxyl groups is 1. The predicted octanol–water partition coefficient (Wildman–Crippen LogP) is 1.76. The van der Waals surface area contributed by atoms with Crippen LogP contribution in [0.25, 0.3) is 0 Å². The summed E-state index contributed by atoms with van der Waals surface area (Å²) in [4.78, 5) is 9.62. The van der Waals surface area contributed by atoms with Gasteiger partial charge >= 0.3 is 0 Å². The Morgan fingerprint density at radius 2 is 2.50 bits per heavy atom. The van der Waals surface area contributed by atoms with Gasteiger partial charge in [-0.05, 0) is 13.0 Å². The number of aryl methyl sites for hydroxylation is 1. The van der Waals surface area contributed by atoms with Crippen LogP contribution in [0, 0.1) is 6.92 Å². The number of aliphatic hydroxyl groups excluding tert-OH is 1. The largest absolute Gasteiger partial charge is 0.396 e. The average molecular weight is 237 g/mol. The Hall–Kier alpha value is -1.20. The maximum atomic E-state index is 8.90. The van der Waals surface area contributed by atoms with Crippen molar-refractivity contribution < 1.29 is 5.11 Å². The first-order valence-corrected chi connectivity index (χ1v) is 6.13. The van der Waals surface area contributed by atoms with Crippen LogP contribution in [0.3, 0.4) is 0 Å². The monoisotopic (exact) mass is 237 g/mol. The number of rotatable bonds is 4. The molecule has 86 valence electrons. The number of aromatic nitrogens is 1. The van der Waals surface area contributed by atoms with E-state index in [0.29, 0.717) is 6.42 Å². The number of nitrogens with one attached hydrogen (secondary N) is 1. The molecule has 5 heteroatoms. The molecule has 2 rings (SSSR count). The van der Waals surface area contributed by atoms with E-state index in [-0.39, 0.29) is 12.6 Å². The molecule has 0 spiro atoms. The molecular formula is C11H15N3OS. The molecule has 2 heterocycles. The highest BCUT2D eigenvalue weighted by Crippen LogP contribution is 2.24. The van der Waals surface area contributed by atoms with E-state index >= 15 is 0 Å². The molecule has 0 saturated heterocycles. The molecule has 0 aliphatic carbocycles. The van der Waals surface area contributed by atoms with Gasteiger partial charge in [0, 0.05) is 36.7 Å². The molecule has 1 aliphatic heterocycles. The zero-order chi connectivity index (χ0) is 11.4. The Morgan fingerprint density at radius 1 is 1.62 bits per heavy atom. The van der Waals surface area contributed by atoms with Gasteiger partial charge in [-0.3, -0.25) is 4.99 Å². The second kappa shape index (κ2) is 5.23. The third-order valence-electron chi connectivity index (χ3n) is 2.41. The van der Waals surface area contributed by atoms with Crippen molar-refractivity contribution in [2.24, 2.45) is 4.99 Å². The number of hydrogen-bond donors (Lipinski definition) is 2. The van der Waals surface area contributed by atoms with Gasteiger partial charge in [-0.1, -0.05) is 0 Å². The van der Waals surface area contributed by atoms with Gasteiger partial charge in [0.25, 0.3) is 0 Å². The van der Waals surface area contributed by atoms with E-state index in [1.807, 2.05) is 19.2 Å². The van der Waals surface area contributed by atoms with Gasteiger partial charge in [0.1, 0.15) is 0 Å². The van der Waals surface area contributed by atoms with Gasteiger partial charge in [-0.15, -0.1) is 11.3 Å². The van der Waals surface area contributed by atoms with Gasteiger partial charge in [0.15, 0.2) is 5.13 Å². The quantitative estimate of drug-likeness (QED) is 0.839. The molecule has 0 amide bonds. The molecular weight excluding hydrogens is 222 g/mol. The molecule has 1 atom stereocenters. The summed E-state index contributed by atoms with van der Waals surface area (Å²) >= 11 is 1.62. The lowest BCUT2D eigenvalue weighted by Gasteiger charge is -2.12. The molecule has 0 aromatic carbocycles. The molecule has 1 aliphatic rings. The fourth-order valence-corrected chi connectivity index (χ4v) is 2.57. The van der Waals surface area contributed by atoms with E-state index in [1.54, 1.807) is 17.5 Å². The van der Waals surface area contributed by atoms with Gasteiger partial charge in [0.2, 0.25) is 0 Å². The lowest BCUT2D eigenvalue weighted by atomic mass is 10.2. The number of aliphatic imine (C=N–C) groups is 1. The topological polar surface area (TPSA) is 57.5 Å². The highest BCUT2D eigenvalue weighted by atomic mass is 32.1. The second-order valence-corrected chi connectivity index (χ2v) is 4.74. The van der Waals surface area contributed by atoms with E-state index in [9.17, 15) is 0 Å². The third-order valence-corrected chi connectivity index (χ3v) is 3.56. The number of hydrogen-bond acceptors (Lipinski definition) is 5. The summed E-state index contributed by atoms with van der Waals surface area (Å²) in [7, 11) is 0. The number of anilines is 1. The van der Waals surface area contributed by atoms with E-state index in [2.05, 4.69) is 15.3 Å². The first kappa shape index (κ1) is 11.3. The highest BCUT2D eigenvalue weighted by Gasteiger charge is 2.11. The summed E-state index contributed by atoms with van der Waals surface area (Å²) < 4.78 is 0. The Kier molecular flexibility index (Phi) is 3.69. The van der Waals surface area contributed by atoms with Crippen molar-refractivity contribution in [3.63, 3.8) is 0 Å². The summed E-state index contributed by atoms with van der Waals surface area (Å²) in [6.45, 7) is 2.16. The smallest absolute Gasteiger partial charge is 0.183 e. The minimum atomic E-state index is 0.179. The molecule has 0 bridgehead atoms. The summed E-state index contributed by atoms with van der Waals surface area (Å²) in [5.41, 5.74) is 1.01. The highest BCUT2D eigenvalue weighted by molar-refractivity contribution is 7.15. The van der Waals surface area contributed by atoms with E-state index in [4.69, 9.17) is 5.11 Å². The minimum absolute atomic E-state index is 0.179. The second-order valence-electron chi connectivity index (χ2n) is 3.66. The fraction of sp³-hybridized carbons (Fsp3) is 0.455. The zero-order valence-electron chi connectivity index (χ0n) is 9.18. The van der Waals surface area contributed by atoms with Crippen LogP contribution in [0.15, 0.2) is 17.3 Å². The van der Waals surface area contributed by atoms with Crippen molar-refractivity contribution in [3.8, 4) is 0 Å². The first-order valence-electron chi connectivity index (χ1n) is 5.31. The molecule has 2 N–H and O–H groups in total. The molecule has 16 heavy (non-hydrogen) atoms. The van der Waals surface area contributed by atoms with E-state index < -0.39 is 0 Å². The minimum Gasteiger partial charge on any atom is -0.396 e. The maximum absolute atomic E-state index is 8.90. The number of thiazole rings is 1. The summed E-state index contributed by atoms with van der Waals surface area (Å²) in [6.07, 6.45) is 7.31. The average Bonchev–Trinajstić information content (AvgIpc) is 2.61. The maximum Gasteiger partial charge on any atom is 0.183 e. The summed E-state index contributed by atoms with van der Waals surface area (Å²) in [5, 5.41) is 13.2. The Balaban J connectivity index is 2.01. The van der Waals surface area contributed by atoms with Crippen LogP contribution in [-0.4, -0.2) is 29.0 Å². The standard InChI is InChI=1S/C11H15N3OS/c1-8-10(4-7-15)16-11(13-8)14-9-2-5-12-6-3-9/h2,5-6,9,15H,3-4,7H2,1H3,(H,13,14). The van der Waals surface area contributed by atoms with Crippen molar-refractivity contribution in [1.29, 1.82) is 0 Å². The molecule has 1 aromatic heterocycles. The van der Waals surface area contributed by atoms with Crippen LogP contribution < -0.4 is 5.32 Å². The molecule has 4 nitrogen and oxygen atoms in total. The van der Waals surface area contributed by atoms with Crippen LogP contribution in [-0.2, 0) is 6.42 Å². The van der Waals surface area contributed by atoms with Crippen molar-refractivity contribution in [1.82, 2.24) is 4.98 Å². The van der Waals surface area contributed by atoms with Crippen LogP contribution in [0.5, 0.6) is 0 Å². The Morgan fingerprint density at radius 3 is 3.19 bits per heavy atom. The normalized spacial score (nSPS) is 19.0. The SMILES string of the molecule is Cc1nc(NC2C=CN=CC2)sc1CCO. The van der Waals surface area contributed by atoms with Crippen LogP contribution in [0.4, 0.5) is 5.13 Å². The van der Waals surface area contributed by atoms with Gasteiger partial charge in [0.05, 0.1) is 11.7 Å². The zero-order valence-corrected chi connectivity index (χ0v) is 10.00. The molecule has 1 unspecified atom stereocenters. The van der Waals surface area contributed by atoms with Crippen LogP contribution >= 0.6 is 11.3 Å². The fourth-order valence-electron chi connectivity index (χ4n) is 1.56. The molecule has 0 radical (unpaired) electrons. The molecule has 1 aromatic rings. The van der Waals surface area contributed by atoms with Crippen LogP contribution in [0.2, 0.25) is 0 Å². The van der Waals surface area contributed by atoms with Crippen molar-refractivity contribution in [3.05, 3.63) is 22.8 Å². The Bertz CT molecular complexity index is 411. The number of nitrogens with zero attached hydrogens (tertiary/aromatic N) is 2. The van der Waals surface area contributed by atoms with Crippen molar-refractivity contribution in [2.75, 3.05) is 11.9 Å². The van der Waals surface area contributed by atoms with Crippen molar-refractivity contribution in [2.45, 2.75) is 25.8 Å².